The van der Waals surface area contributed by atoms with E-state index in [0.29, 0.717) is 16.7 Å². The quantitative estimate of drug-likeness (QED) is 0.767. The Morgan fingerprint density at radius 2 is 1.95 bits per heavy atom. The fourth-order valence-corrected chi connectivity index (χ4v) is 5.00. The van der Waals surface area contributed by atoms with Gasteiger partial charge in [-0.05, 0) is 54.7 Å². The molecule has 2 unspecified atom stereocenters. The van der Waals surface area contributed by atoms with Crippen LogP contribution in [-0.2, 0) is 0 Å². The van der Waals surface area contributed by atoms with Gasteiger partial charge in [0, 0.05) is 17.5 Å². The zero-order valence-electron chi connectivity index (χ0n) is 12.7. The standard InChI is InChI=1S/C18H26ClN/c1-17(2)8-5-9-18(13-17)10-11-20-12-15(18)14-6-3-4-7-16(14)19/h3-4,6-7,15,20H,5,8-13H2,1-2H3. The van der Waals surface area contributed by atoms with Gasteiger partial charge in [-0.2, -0.15) is 0 Å². The minimum Gasteiger partial charge on any atom is -0.316 e. The lowest BCUT2D eigenvalue weighted by molar-refractivity contribution is 0.0332. The van der Waals surface area contributed by atoms with Gasteiger partial charge < -0.3 is 5.32 Å². The number of piperidine rings is 1. The highest BCUT2D eigenvalue weighted by Gasteiger charge is 2.47. The molecule has 2 aliphatic rings. The van der Waals surface area contributed by atoms with Crippen LogP contribution in [0.25, 0.3) is 0 Å². The topological polar surface area (TPSA) is 12.0 Å². The van der Waals surface area contributed by atoms with Gasteiger partial charge in [0.1, 0.15) is 0 Å². The number of nitrogens with one attached hydrogen (secondary N) is 1. The van der Waals surface area contributed by atoms with E-state index >= 15 is 0 Å². The van der Waals surface area contributed by atoms with Crippen molar-refractivity contribution < 1.29 is 0 Å². The molecule has 1 saturated heterocycles. The van der Waals surface area contributed by atoms with Crippen LogP contribution in [0.3, 0.4) is 0 Å². The second-order valence-corrected chi connectivity index (χ2v) is 7.99. The van der Waals surface area contributed by atoms with E-state index in [0.717, 1.165) is 18.1 Å². The average molecular weight is 292 g/mol. The Kier molecular flexibility index (Phi) is 3.85. The van der Waals surface area contributed by atoms with Gasteiger partial charge in [0.15, 0.2) is 0 Å². The first-order valence-corrected chi connectivity index (χ1v) is 8.35. The van der Waals surface area contributed by atoms with Crippen LogP contribution < -0.4 is 5.32 Å². The predicted molar refractivity (Wildman–Crippen MR) is 86.4 cm³/mol. The van der Waals surface area contributed by atoms with Gasteiger partial charge in [-0.1, -0.05) is 50.1 Å². The number of benzene rings is 1. The molecule has 3 rings (SSSR count). The van der Waals surface area contributed by atoms with Crippen molar-refractivity contribution >= 4 is 11.6 Å². The molecular formula is C18H26ClN. The third kappa shape index (κ3) is 2.63. The lowest BCUT2D eigenvalue weighted by Gasteiger charge is -2.52. The van der Waals surface area contributed by atoms with Crippen LogP contribution >= 0.6 is 11.6 Å². The molecule has 20 heavy (non-hydrogen) atoms. The lowest BCUT2D eigenvalue weighted by Crippen LogP contribution is -2.47. The third-order valence-corrected chi connectivity index (χ3v) is 5.87. The molecule has 1 nitrogen and oxygen atoms in total. The van der Waals surface area contributed by atoms with Crippen molar-refractivity contribution in [1.82, 2.24) is 5.32 Å². The van der Waals surface area contributed by atoms with Crippen LogP contribution in [-0.4, -0.2) is 13.1 Å². The highest BCUT2D eigenvalue weighted by molar-refractivity contribution is 6.31. The molecule has 2 atom stereocenters. The first-order valence-electron chi connectivity index (χ1n) is 7.98. The minimum atomic E-state index is 0.456. The molecule has 1 saturated carbocycles. The summed E-state index contributed by atoms with van der Waals surface area (Å²) in [4.78, 5) is 0. The highest BCUT2D eigenvalue weighted by atomic mass is 35.5. The van der Waals surface area contributed by atoms with E-state index in [1.165, 1.54) is 37.7 Å². The van der Waals surface area contributed by atoms with E-state index in [2.05, 4.69) is 31.3 Å². The van der Waals surface area contributed by atoms with Crippen LogP contribution in [0.1, 0.15) is 57.4 Å². The van der Waals surface area contributed by atoms with Gasteiger partial charge in [-0.15, -0.1) is 0 Å². The molecule has 1 heterocycles. The van der Waals surface area contributed by atoms with Crippen LogP contribution in [0.5, 0.6) is 0 Å². The Labute approximate surface area is 128 Å². The Bertz CT molecular complexity index is 478. The van der Waals surface area contributed by atoms with Gasteiger partial charge >= 0.3 is 0 Å². The summed E-state index contributed by atoms with van der Waals surface area (Å²) in [7, 11) is 0. The smallest absolute Gasteiger partial charge is 0.0441 e. The summed E-state index contributed by atoms with van der Waals surface area (Å²) < 4.78 is 0. The molecule has 2 fully saturated rings. The normalized spacial score (nSPS) is 33.2. The first kappa shape index (κ1) is 14.4. The second-order valence-electron chi connectivity index (χ2n) is 7.59. The second kappa shape index (κ2) is 5.35. The molecule has 1 spiro atoms. The van der Waals surface area contributed by atoms with Crippen LogP contribution in [0.15, 0.2) is 24.3 Å². The number of hydrogen-bond acceptors (Lipinski definition) is 1. The SMILES string of the molecule is CC1(C)CCCC2(CCNCC2c2ccccc2Cl)C1. The van der Waals surface area contributed by atoms with E-state index in [1.54, 1.807) is 0 Å². The van der Waals surface area contributed by atoms with Crippen LogP contribution in [0.2, 0.25) is 5.02 Å². The van der Waals surface area contributed by atoms with Crippen molar-refractivity contribution in [2.24, 2.45) is 10.8 Å². The molecule has 110 valence electrons. The lowest BCUT2D eigenvalue weighted by atomic mass is 9.55. The molecule has 1 aliphatic heterocycles. The summed E-state index contributed by atoms with van der Waals surface area (Å²) in [6.07, 6.45) is 6.75. The van der Waals surface area contributed by atoms with Crippen molar-refractivity contribution in [2.45, 2.75) is 51.9 Å². The molecule has 2 heteroatoms. The minimum absolute atomic E-state index is 0.456. The van der Waals surface area contributed by atoms with Crippen LogP contribution in [0, 0.1) is 10.8 Å². The van der Waals surface area contributed by atoms with Crippen molar-refractivity contribution in [3.05, 3.63) is 34.9 Å². The zero-order valence-corrected chi connectivity index (χ0v) is 13.5. The number of rotatable bonds is 1. The van der Waals surface area contributed by atoms with Crippen molar-refractivity contribution in [3.8, 4) is 0 Å². The van der Waals surface area contributed by atoms with Crippen molar-refractivity contribution in [1.29, 1.82) is 0 Å². The summed E-state index contributed by atoms with van der Waals surface area (Å²) in [6, 6.07) is 8.47. The number of hydrogen-bond donors (Lipinski definition) is 1. The van der Waals surface area contributed by atoms with Gasteiger partial charge in [-0.3, -0.25) is 0 Å². The Balaban J connectivity index is 1.97. The summed E-state index contributed by atoms with van der Waals surface area (Å²) in [5.41, 5.74) is 2.30. The Hall–Kier alpha value is -0.530. The van der Waals surface area contributed by atoms with E-state index < -0.39 is 0 Å². The average Bonchev–Trinajstić information content (AvgIpc) is 2.39. The Morgan fingerprint density at radius 3 is 2.70 bits per heavy atom. The summed E-state index contributed by atoms with van der Waals surface area (Å²) in [6.45, 7) is 7.13. The van der Waals surface area contributed by atoms with E-state index in [4.69, 9.17) is 11.6 Å². The van der Waals surface area contributed by atoms with E-state index in [9.17, 15) is 0 Å². The summed E-state index contributed by atoms with van der Waals surface area (Å²) >= 11 is 6.50. The maximum Gasteiger partial charge on any atom is 0.0441 e. The molecule has 0 bridgehead atoms. The van der Waals surface area contributed by atoms with Gasteiger partial charge in [0.05, 0.1) is 0 Å². The molecular weight excluding hydrogens is 266 g/mol. The Morgan fingerprint density at radius 1 is 1.15 bits per heavy atom. The molecule has 1 aromatic rings. The predicted octanol–water partition coefficient (Wildman–Crippen LogP) is 5.00. The molecule has 1 N–H and O–H groups in total. The fraction of sp³-hybridized carbons (Fsp3) is 0.667. The maximum absolute atomic E-state index is 6.50. The molecule has 1 aromatic carbocycles. The van der Waals surface area contributed by atoms with Gasteiger partial charge in [0.25, 0.3) is 0 Å². The molecule has 0 radical (unpaired) electrons. The summed E-state index contributed by atoms with van der Waals surface area (Å²) in [5, 5.41) is 4.55. The summed E-state index contributed by atoms with van der Waals surface area (Å²) in [5.74, 6) is 0.574. The molecule has 0 aromatic heterocycles. The van der Waals surface area contributed by atoms with E-state index in [1.807, 2.05) is 12.1 Å². The van der Waals surface area contributed by atoms with Crippen LogP contribution in [0.4, 0.5) is 0 Å². The number of halogens is 1. The first-order chi connectivity index (χ1) is 9.53. The van der Waals surface area contributed by atoms with Crippen molar-refractivity contribution in [3.63, 3.8) is 0 Å². The van der Waals surface area contributed by atoms with Gasteiger partial charge in [-0.25, -0.2) is 0 Å². The zero-order chi connectivity index (χ0) is 14.2. The maximum atomic E-state index is 6.50. The van der Waals surface area contributed by atoms with E-state index in [-0.39, 0.29) is 0 Å². The third-order valence-electron chi connectivity index (χ3n) is 5.53. The van der Waals surface area contributed by atoms with Crippen molar-refractivity contribution in [2.75, 3.05) is 13.1 Å². The largest absolute Gasteiger partial charge is 0.316 e. The molecule has 0 amide bonds. The fourth-order valence-electron chi connectivity index (χ4n) is 4.73. The molecule has 1 aliphatic carbocycles. The monoisotopic (exact) mass is 291 g/mol. The highest BCUT2D eigenvalue weighted by Crippen LogP contribution is 2.56. The van der Waals surface area contributed by atoms with Gasteiger partial charge in [0.2, 0.25) is 0 Å².